The van der Waals surface area contributed by atoms with Gasteiger partial charge in [-0.15, -0.1) is 0 Å². The van der Waals surface area contributed by atoms with Crippen molar-refractivity contribution in [2.45, 2.75) is 0 Å². The molecule has 8 nitrogen and oxygen atoms in total. The molecule has 2 N–H and O–H groups in total. The summed E-state index contributed by atoms with van der Waals surface area (Å²) >= 11 is 0. The van der Waals surface area contributed by atoms with Crippen LogP contribution >= 0.6 is 0 Å². The van der Waals surface area contributed by atoms with Gasteiger partial charge in [0.15, 0.2) is 6.54 Å². The van der Waals surface area contributed by atoms with Crippen LogP contribution in [0.15, 0.2) is 18.2 Å². The second-order valence-corrected chi connectivity index (χ2v) is 5.37. The van der Waals surface area contributed by atoms with E-state index in [-0.39, 0.29) is 17.0 Å². The Labute approximate surface area is 139 Å². The first kappa shape index (κ1) is 17.9. The van der Waals surface area contributed by atoms with Crippen LogP contribution in [0.25, 0.3) is 0 Å². The van der Waals surface area contributed by atoms with E-state index in [4.69, 9.17) is 4.74 Å². The van der Waals surface area contributed by atoms with Crippen molar-refractivity contribution in [2.75, 3.05) is 52.4 Å². The highest BCUT2D eigenvalue weighted by Gasteiger charge is 2.19. The predicted molar refractivity (Wildman–Crippen MR) is 84.1 cm³/mol. The molecule has 0 radical (unpaired) electrons. The molecule has 0 unspecified atom stereocenters. The van der Waals surface area contributed by atoms with Gasteiger partial charge in [0.05, 0.1) is 38.6 Å². The first-order chi connectivity index (χ1) is 11.5. The van der Waals surface area contributed by atoms with Crippen molar-refractivity contribution < 1.29 is 33.5 Å². The zero-order valence-electron chi connectivity index (χ0n) is 13.7. The summed E-state index contributed by atoms with van der Waals surface area (Å²) in [5.41, 5.74) is 0.666. The van der Waals surface area contributed by atoms with Crippen molar-refractivity contribution in [1.29, 1.82) is 0 Å². The summed E-state index contributed by atoms with van der Waals surface area (Å²) in [7, 11) is 2.49. The molecule has 2 rings (SSSR count). The Morgan fingerprint density at radius 2 is 1.58 bits per heavy atom. The summed E-state index contributed by atoms with van der Waals surface area (Å²) in [5, 5.41) is 2.71. The van der Waals surface area contributed by atoms with Crippen molar-refractivity contribution in [2.24, 2.45) is 0 Å². The smallest absolute Gasteiger partial charge is 0.337 e. The fourth-order valence-electron chi connectivity index (χ4n) is 2.44. The van der Waals surface area contributed by atoms with E-state index in [0.717, 1.165) is 18.0 Å². The number of hydrogen-bond acceptors (Lipinski definition) is 6. The molecule has 0 atom stereocenters. The van der Waals surface area contributed by atoms with Crippen molar-refractivity contribution >= 4 is 23.5 Å². The standard InChI is InChI=1S/C16H20N2O6/c1-22-15(20)11-7-12(16(21)23-2)9-13(8-11)17-14(19)10-18-3-5-24-6-4-18/h7-9H,3-6,10H2,1-2H3,(H,17,19)/p+1. The van der Waals surface area contributed by atoms with Crippen LogP contribution in [-0.2, 0) is 19.0 Å². The maximum absolute atomic E-state index is 12.2. The number of quaternary nitrogens is 1. The van der Waals surface area contributed by atoms with Crippen molar-refractivity contribution in [3.8, 4) is 0 Å². The van der Waals surface area contributed by atoms with Crippen LogP contribution in [0.4, 0.5) is 5.69 Å². The lowest BCUT2D eigenvalue weighted by molar-refractivity contribution is -0.899. The SMILES string of the molecule is COC(=O)c1cc(NC(=O)C[NH+]2CCOCC2)cc(C(=O)OC)c1. The molecule has 0 aromatic heterocycles. The van der Waals surface area contributed by atoms with Crippen LogP contribution in [-0.4, -0.2) is 64.9 Å². The van der Waals surface area contributed by atoms with Gasteiger partial charge in [-0.25, -0.2) is 9.59 Å². The van der Waals surface area contributed by atoms with E-state index in [1.165, 1.54) is 32.4 Å². The Kier molecular flexibility index (Phi) is 6.28. The number of hydrogen-bond donors (Lipinski definition) is 2. The zero-order valence-corrected chi connectivity index (χ0v) is 13.7. The van der Waals surface area contributed by atoms with E-state index in [0.29, 0.717) is 25.4 Å². The molecule has 1 amide bonds. The Bertz CT molecular complexity index is 591. The number of methoxy groups -OCH3 is 2. The molecule has 1 heterocycles. The highest BCUT2D eigenvalue weighted by atomic mass is 16.5. The van der Waals surface area contributed by atoms with Gasteiger partial charge in [-0.05, 0) is 18.2 Å². The van der Waals surface area contributed by atoms with Crippen LogP contribution in [0.1, 0.15) is 20.7 Å². The van der Waals surface area contributed by atoms with E-state index in [1.807, 2.05) is 0 Å². The minimum absolute atomic E-state index is 0.161. The Hall–Kier alpha value is -2.45. The number of rotatable bonds is 5. The molecule has 1 aliphatic rings. The topological polar surface area (TPSA) is 95.4 Å². The third-order valence-corrected chi connectivity index (χ3v) is 3.67. The van der Waals surface area contributed by atoms with Crippen LogP contribution in [0.3, 0.4) is 0 Å². The number of nitrogens with one attached hydrogen (secondary N) is 2. The summed E-state index contributed by atoms with van der Waals surface area (Å²) in [4.78, 5) is 36.8. The molecule has 0 saturated carbocycles. The van der Waals surface area contributed by atoms with Crippen LogP contribution in [0.5, 0.6) is 0 Å². The zero-order chi connectivity index (χ0) is 17.5. The monoisotopic (exact) mass is 337 g/mol. The lowest BCUT2D eigenvalue weighted by Gasteiger charge is -2.23. The lowest BCUT2D eigenvalue weighted by Crippen LogP contribution is -3.15. The fourth-order valence-corrected chi connectivity index (χ4v) is 2.44. The number of carbonyl (C=O) groups excluding carboxylic acids is 3. The highest BCUT2D eigenvalue weighted by molar-refractivity contribution is 5.99. The van der Waals surface area contributed by atoms with Gasteiger partial charge in [0.2, 0.25) is 0 Å². The van der Waals surface area contributed by atoms with Crippen molar-refractivity contribution in [3.63, 3.8) is 0 Å². The van der Waals surface area contributed by atoms with E-state index in [1.54, 1.807) is 0 Å². The van der Waals surface area contributed by atoms with Crippen molar-refractivity contribution in [1.82, 2.24) is 0 Å². The Morgan fingerprint density at radius 1 is 1.04 bits per heavy atom. The molecule has 1 aromatic carbocycles. The van der Waals surface area contributed by atoms with Crippen LogP contribution in [0, 0.1) is 0 Å². The van der Waals surface area contributed by atoms with Gasteiger partial charge < -0.3 is 24.4 Å². The molecule has 1 aromatic rings. The van der Waals surface area contributed by atoms with Gasteiger partial charge in [0.1, 0.15) is 13.1 Å². The highest BCUT2D eigenvalue weighted by Crippen LogP contribution is 2.17. The number of benzene rings is 1. The third kappa shape index (κ3) is 4.77. The van der Waals surface area contributed by atoms with E-state index >= 15 is 0 Å². The molecule has 24 heavy (non-hydrogen) atoms. The number of esters is 2. The molecule has 130 valence electrons. The molecule has 0 aliphatic carbocycles. The van der Waals surface area contributed by atoms with Gasteiger partial charge in [0, 0.05) is 5.69 Å². The van der Waals surface area contributed by atoms with Gasteiger partial charge in [-0.2, -0.15) is 0 Å². The maximum Gasteiger partial charge on any atom is 0.337 e. The molecule has 8 heteroatoms. The minimum atomic E-state index is -0.602. The molecule has 1 saturated heterocycles. The van der Waals surface area contributed by atoms with Gasteiger partial charge in [0.25, 0.3) is 5.91 Å². The van der Waals surface area contributed by atoms with E-state index < -0.39 is 11.9 Å². The molecular weight excluding hydrogens is 316 g/mol. The second-order valence-electron chi connectivity index (χ2n) is 5.37. The van der Waals surface area contributed by atoms with E-state index in [2.05, 4.69) is 14.8 Å². The van der Waals surface area contributed by atoms with Crippen LogP contribution < -0.4 is 10.2 Å². The number of anilines is 1. The van der Waals surface area contributed by atoms with Crippen molar-refractivity contribution in [3.05, 3.63) is 29.3 Å². The second kappa shape index (κ2) is 8.42. The summed E-state index contributed by atoms with van der Waals surface area (Å²) < 4.78 is 14.6. The van der Waals surface area contributed by atoms with Gasteiger partial charge in [-0.3, -0.25) is 4.79 Å². The molecule has 0 spiro atoms. The summed E-state index contributed by atoms with van der Waals surface area (Å²) in [6, 6.07) is 4.29. The van der Waals surface area contributed by atoms with E-state index in [9.17, 15) is 14.4 Å². The third-order valence-electron chi connectivity index (χ3n) is 3.67. The Morgan fingerprint density at radius 3 is 2.08 bits per heavy atom. The average molecular weight is 337 g/mol. The largest absolute Gasteiger partial charge is 0.465 e. The number of ether oxygens (including phenoxy) is 3. The normalized spacial score (nSPS) is 14.8. The molecule has 1 fully saturated rings. The summed E-state index contributed by atoms with van der Waals surface area (Å²) in [5.74, 6) is -1.41. The molecular formula is C16H21N2O6+. The number of morpholine rings is 1. The summed E-state index contributed by atoms with van der Waals surface area (Å²) in [6.45, 7) is 3.09. The molecule has 0 bridgehead atoms. The van der Waals surface area contributed by atoms with Gasteiger partial charge in [-0.1, -0.05) is 0 Å². The Balaban J connectivity index is 2.13. The first-order valence-electron chi connectivity index (χ1n) is 7.56. The predicted octanol–water partition coefficient (Wildman–Crippen LogP) is -0.887. The number of amides is 1. The average Bonchev–Trinajstić information content (AvgIpc) is 2.60. The van der Waals surface area contributed by atoms with Crippen LogP contribution in [0.2, 0.25) is 0 Å². The maximum atomic E-state index is 12.2. The minimum Gasteiger partial charge on any atom is -0.465 e. The lowest BCUT2D eigenvalue weighted by atomic mass is 10.1. The quantitative estimate of drug-likeness (QED) is 0.677. The first-order valence-corrected chi connectivity index (χ1v) is 7.56. The van der Waals surface area contributed by atoms with Gasteiger partial charge >= 0.3 is 11.9 Å². The number of carbonyl (C=O) groups is 3. The molecule has 1 aliphatic heterocycles. The fraction of sp³-hybridized carbons (Fsp3) is 0.438. The summed E-state index contributed by atoms with van der Waals surface area (Å²) in [6.07, 6.45) is 0.